The Morgan fingerprint density at radius 3 is 3.06 bits per heavy atom. The molecule has 4 heteroatoms. The van der Waals surface area contributed by atoms with Crippen LogP contribution in [-0.4, -0.2) is 34.1 Å². The molecule has 17 heavy (non-hydrogen) atoms. The average Bonchev–Trinajstić information content (AvgIpc) is 2.74. The van der Waals surface area contributed by atoms with Crippen LogP contribution in [0.3, 0.4) is 0 Å². The van der Waals surface area contributed by atoms with E-state index in [2.05, 4.69) is 0 Å². The lowest BCUT2D eigenvalue weighted by Crippen LogP contribution is -2.58. The van der Waals surface area contributed by atoms with Gasteiger partial charge < -0.3 is 10.0 Å². The molecule has 2 rings (SSSR count). The lowest BCUT2D eigenvalue weighted by Gasteiger charge is -2.45. The molecular weight excluding hydrogens is 234 g/mol. The Labute approximate surface area is 106 Å². The van der Waals surface area contributed by atoms with Gasteiger partial charge in [-0.15, -0.1) is 11.3 Å². The minimum absolute atomic E-state index is 0.121. The highest BCUT2D eigenvalue weighted by atomic mass is 32.1. The van der Waals surface area contributed by atoms with Gasteiger partial charge in [0.25, 0.3) is 0 Å². The molecule has 1 saturated heterocycles. The molecule has 0 aliphatic carbocycles. The van der Waals surface area contributed by atoms with Crippen molar-refractivity contribution < 1.29 is 9.90 Å². The molecule has 1 fully saturated rings. The second kappa shape index (κ2) is 4.78. The largest absolute Gasteiger partial charge is 0.391 e. The fraction of sp³-hybridized carbons (Fsp3) is 0.615. The molecule has 1 aliphatic heterocycles. The molecule has 0 spiro atoms. The third kappa shape index (κ3) is 2.53. The maximum atomic E-state index is 12.2. The van der Waals surface area contributed by atoms with Gasteiger partial charge in [-0.25, -0.2) is 0 Å². The van der Waals surface area contributed by atoms with Crippen molar-refractivity contribution >= 4 is 17.2 Å². The maximum absolute atomic E-state index is 12.2. The molecule has 0 aromatic carbocycles. The minimum Gasteiger partial charge on any atom is -0.391 e. The summed E-state index contributed by atoms with van der Waals surface area (Å²) in [6.45, 7) is 4.65. The van der Waals surface area contributed by atoms with Crippen LogP contribution in [0.5, 0.6) is 0 Å². The topological polar surface area (TPSA) is 40.5 Å². The highest BCUT2D eigenvalue weighted by molar-refractivity contribution is 7.10. The summed E-state index contributed by atoms with van der Waals surface area (Å²) in [5, 5.41) is 12.0. The number of rotatable bonds is 2. The predicted octanol–water partition coefficient (Wildman–Crippen LogP) is 2.05. The van der Waals surface area contributed by atoms with Crippen molar-refractivity contribution in [2.24, 2.45) is 0 Å². The highest BCUT2D eigenvalue weighted by Gasteiger charge is 2.39. The Morgan fingerprint density at radius 2 is 2.41 bits per heavy atom. The molecule has 1 unspecified atom stereocenters. The second-order valence-electron chi connectivity index (χ2n) is 5.11. The number of likely N-dealkylation sites (tertiary alicyclic amines) is 1. The van der Waals surface area contributed by atoms with Crippen LogP contribution in [0.25, 0.3) is 0 Å². The molecular formula is C13H19NO2S. The molecule has 94 valence electrons. The van der Waals surface area contributed by atoms with E-state index in [1.54, 1.807) is 11.3 Å². The zero-order valence-corrected chi connectivity index (χ0v) is 11.2. The maximum Gasteiger partial charge on any atom is 0.228 e. The van der Waals surface area contributed by atoms with Crippen molar-refractivity contribution in [1.29, 1.82) is 0 Å². The van der Waals surface area contributed by atoms with Gasteiger partial charge in [0.05, 0.1) is 18.1 Å². The quantitative estimate of drug-likeness (QED) is 0.876. The number of piperidine rings is 1. The van der Waals surface area contributed by atoms with E-state index in [1.807, 2.05) is 36.3 Å². The Kier molecular flexibility index (Phi) is 3.54. The Morgan fingerprint density at radius 1 is 1.65 bits per heavy atom. The minimum atomic E-state index is -0.438. The van der Waals surface area contributed by atoms with Gasteiger partial charge in [-0.3, -0.25) is 4.79 Å². The summed E-state index contributed by atoms with van der Waals surface area (Å²) in [5.41, 5.74) is -0.438. The first-order valence-corrected chi connectivity index (χ1v) is 6.90. The SMILES string of the molecule is CC1(C)C(O)CCCN1C(=O)Cc1cccs1. The highest BCUT2D eigenvalue weighted by Crippen LogP contribution is 2.28. The van der Waals surface area contributed by atoms with Gasteiger partial charge in [0, 0.05) is 11.4 Å². The number of thiophene rings is 1. The Balaban J connectivity index is 2.08. The number of hydrogen-bond acceptors (Lipinski definition) is 3. The standard InChI is InChI=1S/C13H19NO2S/c1-13(2)11(15)6-3-7-14(13)12(16)9-10-5-4-8-17-10/h4-5,8,11,15H,3,6-7,9H2,1-2H3. The van der Waals surface area contributed by atoms with Crippen LogP contribution in [-0.2, 0) is 11.2 Å². The number of carbonyl (C=O) groups excluding carboxylic acids is 1. The van der Waals surface area contributed by atoms with Crippen LogP contribution < -0.4 is 0 Å². The third-order valence-electron chi connectivity index (χ3n) is 3.58. The van der Waals surface area contributed by atoms with E-state index in [9.17, 15) is 9.90 Å². The molecule has 1 aromatic rings. The molecule has 2 heterocycles. The van der Waals surface area contributed by atoms with Crippen molar-refractivity contribution in [3.05, 3.63) is 22.4 Å². The van der Waals surface area contributed by atoms with Crippen molar-refractivity contribution in [3.8, 4) is 0 Å². The van der Waals surface area contributed by atoms with E-state index in [0.717, 1.165) is 24.3 Å². The van der Waals surface area contributed by atoms with Gasteiger partial charge in [0.15, 0.2) is 0 Å². The van der Waals surface area contributed by atoms with Gasteiger partial charge in [0.2, 0.25) is 5.91 Å². The summed E-state index contributed by atoms with van der Waals surface area (Å²) in [7, 11) is 0. The fourth-order valence-electron chi connectivity index (χ4n) is 2.37. The number of amides is 1. The average molecular weight is 253 g/mol. The molecule has 0 radical (unpaired) electrons. The molecule has 1 aliphatic rings. The number of aliphatic hydroxyl groups is 1. The van der Waals surface area contributed by atoms with E-state index in [1.165, 1.54) is 0 Å². The van der Waals surface area contributed by atoms with Crippen LogP contribution >= 0.6 is 11.3 Å². The number of aliphatic hydroxyl groups excluding tert-OH is 1. The Hall–Kier alpha value is -0.870. The molecule has 0 bridgehead atoms. The summed E-state index contributed by atoms with van der Waals surface area (Å²) in [4.78, 5) is 15.2. The predicted molar refractivity (Wildman–Crippen MR) is 69.1 cm³/mol. The van der Waals surface area contributed by atoms with Crippen LogP contribution in [0.2, 0.25) is 0 Å². The van der Waals surface area contributed by atoms with Crippen LogP contribution in [0.4, 0.5) is 0 Å². The summed E-state index contributed by atoms with van der Waals surface area (Å²) >= 11 is 1.61. The van der Waals surface area contributed by atoms with E-state index >= 15 is 0 Å². The number of carbonyl (C=O) groups is 1. The molecule has 0 saturated carbocycles. The summed E-state index contributed by atoms with van der Waals surface area (Å²) in [6, 6.07) is 3.94. The van der Waals surface area contributed by atoms with Gasteiger partial charge in [-0.2, -0.15) is 0 Å². The normalized spacial score (nSPS) is 23.7. The number of hydrogen-bond donors (Lipinski definition) is 1. The fourth-order valence-corrected chi connectivity index (χ4v) is 3.06. The van der Waals surface area contributed by atoms with Gasteiger partial charge in [-0.1, -0.05) is 6.07 Å². The smallest absolute Gasteiger partial charge is 0.228 e. The molecule has 1 N–H and O–H groups in total. The van der Waals surface area contributed by atoms with Crippen molar-refractivity contribution in [1.82, 2.24) is 4.90 Å². The number of nitrogens with zero attached hydrogens (tertiary/aromatic N) is 1. The first kappa shape index (κ1) is 12.6. The van der Waals surface area contributed by atoms with Crippen LogP contribution in [0, 0.1) is 0 Å². The van der Waals surface area contributed by atoms with Crippen LogP contribution in [0.1, 0.15) is 31.6 Å². The van der Waals surface area contributed by atoms with E-state index in [0.29, 0.717) is 6.42 Å². The van der Waals surface area contributed by atoms with Crippen molar-refractivity contribution in [2.45, 2.75) is 44.8 Å². The van der Waals surface area contributed by atoms with E-state index in [-0.39, 0.29) is 5.91 Å². The van der Waals surface area contributed by atoms with Gasteiger partial charge in [-0.05, 0) is 38.1 Å². The lowest BCUT2D eigenvalue weighted by molar-refractivity contribution is -0.144. The summed E-state index contributed by atoms with van der Waals surface area (Å²) in [5.74, 6) is 0.121. The molecule has 1 aromatic heterocycles. The zero-order valence-electron chi connectivity index (χ0n) is 10.3. The van der Waals surface area contributed by atoms with Gasteiger partial charge >= 0.3 is 0 Å². The molecule has 1 atom stereocenters. The summed E-state index contributed by atoms with van der Waals surface area (Å²) in [6.07, 6.45) is 1.72. The summed E-state index contributed by atoms with van der Waals surface area (Å²) < 4.78 is 0. The van der Waals surface area contributed by atoms with Gasteiger partial charge in [0.1, 0.15) is 0 Å². The second-order valence-corrected chi connectivity index (χ2v) is 6.15. The Bertz CT molecular complexity index is 386. The van der Waals surface area contributed by atoms with Crippen molar-refractivity contribution in [2.75, 3.05) is 6.54 Å². The monoisotopic (exact) mass is 253 g/mol. The lowest BCUT2D eigenvalue weighted by atomic mass is 9.87. The van der Waals surface area contributed by atoms with Crippen LogP contribution in [0.15, 0.2) is 17.5 Å². The third-order valence-corrected chi connectivity index (χ3v) is 4.45. The molecule has 1 amide bonds. The van der Waals surface area contributed by atoms with E-state index < -0.39 is 11.6 Å². The van der Waals surface area contributed by atoms with Crippen molar-refractivity contribution in [3.63, 3.8) is 0 Å². The molecule has 3 nitrogen and oxygen atoms in total. The zero-order chi connectivity index (χ0) is 12.5. The first-order chi connectivity index (χ1) is 8.01. The van der Waals surface area contributed by atoms with E-state index in [4.69, 9.17) is 0 Å². The first-order valence-electron chi connectivity index (χ1n) is 6.02.